The largest absolute Gasteiger partial charge is 0.444 e. The summed E-state index contributed by atoms with van der Waals surface area (Å²) in [6, 6.07) is 2.50. The van der Waals surface area contributed by atoms with E-state index in [1.165, 1.54) is 6.20 Å². The average molecular weight is 462 g/mol. The van der Waals surface area contributed by atoms with Crippen LogP contribution in [0.1, 0.15) is 51.3 Å². The average Bonchev–Trinajstić information content (AvgIpc) is 3.12. The Morgan fingerprint density at radius 1 is 1.27 bits per heavy atom. The quantitative estimate of drug-likeness (QED) is 0.679. The topological polar surface area (TPSA) is 87.3 Å². The molecule has 11 heteroatoms. The number of ether oxygens (including phenoxy) is 1. The van der Waals surface area contributed by atoms with Crippen LogP contribution in [0.15, 0.2) is 18.5 Å². The van der Waals surface area contributed by atoms with Crippen molar-refractivity contribution in [1.82, 2.24) is 19.7 Å². The maximum absolute atomic E-state index is 13.8. The van der Waals surface area contributed by atoms with Crippen molar-refractivity contribution >= 4 is 11.9 Å². The second-order valence-electron chi connectivity index (χ2n) is 9.44. The monoisotopic (exact) mass is 462 g/mol. The molecule has 4 heterocycles. The molecule has 2 aromatic heterocycles. The summed E-state index contributed by atoms with van der Waals surface area (Å²) in [4.78, 5) is 19.8. The number of nitrogens with zero attached hydrogens (tertiary/aromatic N) is 6. The van der Waals surface area contributed by atoms with Gasteiger partial charge in [-0.3, -0.25) is 4.68 Å². The molecule has 4 rings (SSSR count). The molecule has 0 aromatic carbocycles. The van der Waals surface area contributed by atoms with Gasteiger partial charge in [-0.25, -0.2) is 9.78 Å². The van der Waals surface area contributed by atoms with Crippen molar-refractivity contribution in [3.63, 3.8) is 0 Å². The molecule has 1 atom stereocenters. The summed E-state index contributed by atoms with van der Waals surface area (Å²) in [5, 5.41) is 13.7. The van der Waals surface area contributed by atoms with Crippen LogP contribution >= 0.6 is 0 Å². The number of rotatable bonds is 3. The molecule has 0 bridgehead atoms. The maximum atomic E-state index is 13.8. The molecule has 0 radical (unpaired) electrons. The van der Waals surface area contributed by atoms with Crippen LogP contribution in [-0.4, -0.2) is 57.0 Å². The van der Waals surface area contributed by atoms with Crippen LogP contribution in [-0.2, 0) is 10.9 Å². The lowest BCUT2D eigenvalue weighted by atomic mass is 10.0. The molecular formula is C22H25F3N6O2. The number of nitriles is 1. The maximum Gasteiger partial charge on any atom is 0.417 e. The molecule has 176 valence electrons. The number of aromatic nitrogens is 3. The molecule has 0 N–H and O–H groups in total. The fraction of sp³-hybridized carbons (Fsp3) is 0.545. The van der Waals surface area contributed by atoms with Gasteiger partial charge < -0.3 is 14.5 Å². The van der Waals surface area contributed by atoms with E-state index in [4.69, 9.17) is 4.74 Å². The van der Waals surface area contributed by atoms with Crippen molar-refractivity contribution in [2.75, 3.05) is 24.5 Å². The van der Waals surface area contributed by atoms with Gasteiger partial charge in [0.05, 0.1) is 23.5 Å². The predicted molar refractivity (Wildman–Crippen MR) is 113 cm³/mol. The first-order valence-electron chi connectivity index (χ1n) is 10.7. The number of alkyl halides is 3. The lowest BCUT2D eigenvalue weighted by Crippen LogP contribution is -2.52. The minimum atomic E-state index is -4.69. The Hall–Kier alpha value is -3.29. The molecule has 33 heavy (non-hydrogen) atoms. The highest BCUT2D eigenvalue weighted by Crippen LogP contribution is 2.40. The minimum absolute atomic E-state index is 0.0115. The number of anilines is 1. The van der Waals surface area contributed by atoms with Crippen molar-refractivity contribution in [3.8, 4) is 17.3 Å². The van der Waals surface area contributed by atoms with Crippen LogP contribution in [0, 0.1) is 11.3 Å². The molecule has 1 amide bonds. The summed E-state index contributed by atoms with van der Waals surface area (Å²) in [7, 11) is 0. The molecule has 2 aromatic rings. The number of likely N-dealkylation sites (tertiary alicyclic amines) is 1. The molecule has 2 fully saturated rings. The van der Waals surface area contributed by atoms with E-state index in [-0.39, 0.29) is 23.6 Å². The number of carbonyl (C=O) groups is 1. The summed E-state index contributed by atoms with van der Waals surface area (Å²) in [5.74, 6) is 0.0496. The number of amides is 1. The number of halogens is 3. The molecule has 8 nitrogen and oxygen atoms in total. The third kappa shape index (κ3) is 4.47. The first kappa shape index (κ1) is 22.9. The van der Waals surface area contributed by atoms with Gasteiger partial charge >= 0.3 is 12.3 Å². The number of carbonyl (C=O) groups excluding carboxylic acids is 1. The van der Waals surface area contributed by atoms with Crippen LogP contribution in [0.5, 0.6) is 0 Å². The highest BCUT2D eigenvalue weighted by atomic mass is 19.4. The van der Waals surface area contributed by atoms with Crippen LogP contribution in [0.4, 0.5) is 23.8 Å². The molecule has 0 aliphatic carbocycles. The molecular weight excluding hydrogens is 437 g/mol. The highest BCUT2D eigenvalue weighted by molar-refractivity contribution is 5.70. The van der Waals surface area contributed by atoms with Gasteiger partial charge in [-0.2, -0.15) is 23.5 Å². The molecule has 2 aliphatic rings. The summed E-state index contributed by atoms with van der Waals surface area (Å²) in [6.45, 7) is 8.58. The van der Waals surface area contributed by atoms with Gasteiger partial charge in [0.15, 0.2) is 0 Å². The SMILES string of the molecule is C[C@H]1CCN1c1nc(-c2cnn(C3CN(C(=O)OC(C)(C)C)C3)c2)cc(C(F)(F)F)c1C#N. The van der Waals surface area contributed by atoms with E-state index in [0.29, 0.717) is 25.2 Å². The smallest absolute Gasteiger partial charge is 0.417 e. The molecule has 2 aliphatic heterocycles. The zero-order chi connectivity index (χ0) is 24.1. The number of hydrogen-bond acceptors (Lipinski definition) is 6. The van der Waals surface area contributed by atoms with E-state index < -0.39 is 29.0 Å². The van der Waals surface area contributed by atoms with Crippen LogP contribution in [0.3, 0.4) is 0 Å². The minimum Gasteiger partial charge on any atom is -0.444 e. The van der Waals surface area contributed by atoms with Gasteiger partial charge in [-0.15, -0.1) is 0 Å². The summed E-state index contributed by atoms with van der Waals surface area (Å²) < 4.78 is 48.2. The zero-order valence-corrected chi connectivity index (χ0v) is 18.8. The second kappa shape index (κ2) is 7.93. The number of pyridine rings is 1. The zero-order valence-electron chi connectivity index (χ0n) is 18.8. The van der Waals surface area contributed by atoms with E-state index in [0.717, 1.165) is 12.5 Å². The van der Waals surface area contributed by atoms with E-state index in [1.807, 2.05) is 6.92 Å². The van der Waals surface area contributed by atoms with E-state index >= 15 is 0 Å². The fourth-order valence-corrected chi connectivity index (χ4v) is 3.82. The molecule has 0 saturated carbocycles. The summed E-state index contributed by atoms with van der Waals surface area (Å²) in [5.41, 5.74) is -1.54. The van der Waals surface area contributed by atoms with Gasteiger partial charge in [-0.05, 0) is 40.2 Å². The van der Waals surface area contributed by atoms with Gasteiger partial charge in [0.2, 0.25) is 0 Å². The lowest BCUT2D eigenvalue weighted by Gasteiger charge is -2.40. The first-order valence-corrected chi connectivity index (χ1v) is 10.7. The standard InChI is InChI=1S/C22H25F3N6O2/c1-13-5-6-30(13)19-16(8-26)17(22(23,24)25)7-18(28-19)14-9-27-31(10-14)15-11-29(12-15)20(32)33-21(2,3)4/h7,9-10,13,15H,5-6,11-12H2,1-4H3/t13-/m0/s1. The van der Waals surface area contributed by atoms with Crippen molar-refractivity contribution in [1.29, 1.82) is 5.26 Å². The summed E-state index contributed by atoms with van der Waals surface area (Å²) >= 11 is 0. The van der Waals surface area contributed by atoms with Crippen molar-refractivity contribution in [2.45, 2.75) is 58.0 Å². The predicted octanol–water partition coefficient (Wildman–Crippen LogP) is 4.23. The van der Waals surface area contributed by atoms with E-state index in [2.05, 4.69) is 10.1 Å². The fourth-order valence-electron chi connectivity index (χ4n) is 3.82. The van der Waals surface area contributed by atoms with Gasteiger partial charge in [0.1, 0.15) is 23.1 Å². The Kier molecular flexibility index (Phi) is 5.50. The summed E-state index contributed by atoms with van der Waals surface area (Å²) in [6.07, 6.45) is -1.21. The van der Waals surface area contributed by atoms with Crippen LogP contribution < -0.4 is 4.90 Å². The molecule has 2 saturated heterocycles. The second-order valence-corrected chi connectivity index (χ2v) is 9.44. The third-order valence-electron chi connectivity index (χ3n) is 5.79. The Morgan fingerprint density at radius 3 is 2.48 bits per heavy atom. The molecule has 0 unspecified atom stereocenters. The Balaban J connectivity index is 1.59. The van der Waals surface area contributed by atoms with Crippen LogP contribution in [0.2, 0.25) is 0 Å². The van der Waals surface area contributed by atoms with Crippen molar-refractivity contribution < 1.29 is 22.7 Å². The van der Waals surface area contributed by atoms with Gasteiger partial charge in [0, 0.05) is 37.4 Å². The van der Waals surface area contributed by atoms with Crippen molar-refractivity contribution in [3.05, 3.63) is 29.6 Å². The van der Waals surface area contributed by atoms with Gasteiger partial charge in [0.25, 0.3) is 0 Å². The van der Waals surface area contributed by atoms with Crippen LogP contribution in [0.25, 0.3) is 11.3 Å². The van der Waals surface area contributed by atoms with Crippen molar-refractivity contribution in [2.24, 2.45) is 0 Å². The third-order valence-corrected chi connectivity index (χ3v) is 5.79. The number of hydrogen-bond donors (Lipinski definition) is 0. The van der Waals surface area contributed by atoms with E-state index in [1.54, 1.807) is 47.5 Å². The van der Waals surface area contributed by atoms with E-state index in [9.17, 15) is 23.2 Å². The highest BCUT2D eigenvalue weighted by Gasteiger charge is 2.39. The molecule has 0 spiro atoms. The Bertz CT molecular complexity index is 1110. The Morgan fingerprint density at radius 2 is 1.97 bits per heavy atom. The normalized spacial score (nSPS) is 19.0. The first-order chi connectivity index (χ1) is 15.4. The van der Waals surface area contributed by atoms with Gasteiger partial charge in [-0.1, -0.05) is 0 Å². The lowest BCUT2D eigenvalue weighted by molar-refractivity contribution is -0.137. The Labute approximate surface area is 189 Å².